The van der Waals surface area contributed by atoms with Crippen LogP contribution in [0.15, 0.2) is 265 Å². The highest BCUT2D eigenvalue weighted by Crippen LogP contribution is 2.60. The van der Waals surface area contributed by atoms with Crippen LogP contribution in [0.4, 0.5) is 0 Å². The van der Waals surface area contributed by atoms with Crippen LogP contribution in [0, 0.1) is 0 Å². The van der Waals surface area contributed by atoms with E-state index >= 15 is 0 Å². The third kappa shape index (κ3) is 5.50. The SMILES string of the molecule is Brc1ccc2c(c1)C(c1ccccc1)(c1ccc3ccc4cccc5ccc1c3c45)c1ccccc1-2.c1ccc(C2(c3ccc4ccc5cccc6ccc3c4c56)c3ccccc3-c3ccccc32)cc1. The number of hydrogen-bond acceptors (Lipinski definition) is 0. The summed E-state index contributed by atoms with van der Waals surface area (Å²) in [7, 11) is 0. The second kappa shape index (κ2) is 15.3. The Balaban J connectivity index is 0.000000127. The summed E-state index contributed by atoms with van der Waals surface area (Å²) >= 11 is 3.81. The van der Waals surface area contributed by atoms with Gasteiger partial charge >= 0.3 is 0 Å². The van der Waals surface area contributed by atoms with Crippen molar-refractivity contribution < 1.29 is 0 Å². The van der Waals surface area contributed by atoms with E-state index in [2.05, 4.69) is 277 Å². The van der Waals surface area contributed by atoms with E-state index in [0.29, 0.717) is 0 Å². The van der Waals surface area contributed by atoms with Gasteiger partial charge in [-0.15, -0.1) is 0 Å². The van der Waals surface area contributed by atoms with Gasteiger partial charge in [-0.25, -0.2) is 0 Å². The van der Waals surface area contributed by atoms with Crippen LogP contribution in [0.3, 0.4) is 0 Å². The molecule has 71 heavy (non-hydrogen) atoms. The predicted octanol–water partition coefficient (Wildman–Crippen LogP) is 18.7. The molecule has 0 aliphatic heterocycles. The first kappa shape index (κ1) is 40.5. The molecule has 0 saturated heterocycles. The zero-order chi connectivity index (χ0) is 46.8. The summed E-state index contributed by atoms with van der Waals surface area (Å²) in [6.45, 7) is 0. The lowest BCUT2D eigenvalue weighted by atomic mass is 9.66. The fraction of sp³-hybridized carbons (Fsp3) is 0.0286. The van der Waals surface area contributed by atoms with Crippen molar-refractivity contribution in [3.63, 3.8) is 0 Å². The monoisotopic (exact) mass is 962 g/mol. The van der Waals surface area contributed by atoms with Gasteiger partial charge in [-0.3, -0.25) is 0 Å². The summed E-state index contributed by atoms with van der Waals surface area (Å²) < 4.78 is 1.10. The van der Waals surface area contributed by atoms with Crippen molar-refractivity contribution >= 4 is 80.6 Å². The van der Waals surface area contributed by atoms with Crippen LogP contribution in [0.1, 0.15) is 44.5 Å². The van der Waals surface area contributed by atoms with Gasteiger partial charge in [-0.1, -0.05) is 265 Å². The molecule has 0 amide bonds. The smallest absolute Gasteiger partial charge is 0.0622 e. The van der Waals surface area contributed by atoms with Crippen LogP contribution in [-0.4, -0.2) is 0 Å². The minimum absolute atomic E-state index is 0.378. The Morgan fingerprint density at radius 2 is 0.563 bits per heavy atom. The molecular formula is C70H43Br. The van der Waals surface area contributed by atoms with E-state index in [9.17, 15) is 0 Å². The molecule has 0 saturated carbocycles. The normalized spacial score (nSPS) is 15.3. The zero-order valence-electron chi connectivity index (χ0n) is 38.7. The van der Waals surface area contributed by atoms with Crippen LogP contribution in [-0.2, 0) is 10.8 Å². The first-order valence-electron chi connectivity index (χ1n) is 24.7. The Kier molecular flexibility index (Phi) is 8.74. The van der Waals surface area contributed by atoms with Gasteiger partial charge in [0.2, 0.25) is 0 Å². The van der Waals surface area contributed by atoms with Crippen molar-refractivity contribution in [1.29, 1.82) is 0 Å². The molecule has 2 aliphatic rings. The van der Waals surface area contributed by atoms with E-state index in [1.807, 2.05) is 0 Å². The Morgan fingerprint density at radius 1 is 0.225 bits per heavy atom. The summed E-state index contributed by atoms with van der Waals surface area (Å²) in [4.78, 5) is 0. The molecule has 0 aromatic heterocycles. The fourth-order valence-electron chi connectivity index (χ4n) is 13.5. The first-order chi connectivity index (χ1) is 35.1. The second-order valence-electron chi connectivity index (χ2n) is 19.5. The zero-order valence-corrected chi connectivity index (χ0v) is 40.3. The largest absolute Gasteiger partial charge is 0.0719 e. The average Bonchev–Trinajstić information content (AvgIpc) is 3.90. The molecule has 0 heterocycles. The molecule has 0 bridgehead atoms. The van der Waals surface area contributed by atoms with Gasteiger partial charge in [0.25, 0.3) is 0 Å². The van der Waals surface area contributed by atoms with Crippen molar-refractivity contribution in [2.24, 2.45) is 0 Å². The third-order valence-electron chi connectivity index (χ3n) is 16.2. The molecule has 0 radical (unpaired) electrons. The number of fused-ring (bicyclic) bond motifs is 6. The lowest BCUT2D eigenvalue weighted by molar-refractivity contribution is 0.776. The maximum atomic E-state index is 3.81. The molecule has 1 atom stereocenters. The highest BCUT2D eigenvalue weighted by molar-refractivity contribution is 9.10. The average molecular weight is 964 g/mol. The van der Waals surface area contributed by atoms with E-state index < -0.39 is 5.41 Å². The molecule has 330 valence electrons. The van der Waals surface area contributed by atoms with E-state index in [4.69, 9.17) is 0 Å². The van der Waals surface area contributed by atoms with Crippen molar-refractivity contribution in [2.45, 2.75) is 10.8 Å². The summed E-state index contributed by atoms with van der Waals surface area (Å²) in [5.74, 6) is 0. The van der Waals surface area contributed by atoms with E-state index in [0.717, 1.165) is 4.47 Å². The molecule has 0 N–H and O–H groups in total. The van der Waals surface area contributed by atoms with Crippen molar-refractivity contribution in [3.8, 4) is 22.3 Å². The Morgan fingerprint density at radius 3 is 1.00 bits per heavy atom. The van der Waals surface area contributed by atoms with Gasteiger partial charge in [-0.2, -0.15) is 0 Å². The van der Waals surface area contributed by atoms with Gasteiger partial charge in [0.15, 0.2) is 0 Å². The summed E-state index contributed by atoms with van der Waals surface area (Å²) in [6, 6.07) is 96.9. The van der Waals surface area contributed by atoms with Crippen LogP contribution >= 0.6 is 15.9 Å². The molecular weight excluding hydrogens is 921 g/mol. The van der Waals surface area contributed by atoms with Crippen LogP contribution < -0.4 is 0 Å². The Bertz CT molecular complexity index is 4340. The maximum absolute atomic E-state index is 3.81. The van der Waals surface area contributed by atoms with Crippen LogP contribution in [0.2, 0.25) is 0 Å². The molecule has 0 spiro atoms. The predicted molar refractivity (Wildman–Crippen MR) is 303 cm³/mol. The second-order valence-corrected chi connectivity index (χ2v) is 20.4. The quantitative estimate of drug-likeness (QED) is 0.154. The standard InChI is InChI=1S/C35H21Br.C35H22/c36-26-17-19-28-27-11-4-5-12-30(27)35(32(28)21-26,25-9-2-1-3-10-25)31-20-16-24-14-13-22-7-6-8-23-15-18-29(31)34(24)33(22)23;1-2-11-26(12-3-1)35(30-15-6-4-13-27(30)28-14-5-7-16-31(28)35)32-22-20-25-18-17-23-9-8-10-24-19-21-29(32)34(25)33(23)24/h1-21H;1-22H. The van der Waals surface area contributed by atoms with Gasteiger partial charge in [0.1, 0.15) is 0 Å². The molecule has 0 nitrogen and oxygen atoms in total. The highest BCUT2D eigenvalue weighted by atomic mass is 79.9. The molecule has 0 fully saturated rings. The molecule has 1 heteroatoms. The summed E-state index contributed by atoms with van der Waals surface area (Å²) in [6.07, 6.45) is 0. The van der Waals surface area contributed by atoms with Gasteiger partial charge in [0.05, 0.1) is 10.8 Å². The lowest BCUT2D eigenvalue weighted by Crippen LogP contribution is -2.29. The van der Waals surface area contributed by atoms with Crippen molar-refractivity contribution in [1.82, 2.24) is 0 Å². The minimum atomic E-state index is -0.417. The molecule has 14 aromatic rings. The van der Waals surface area contributed by atoms with E-state index in [-0.39, 0.29) is 5.41 Å². The summed E-state index contributed by atoms with van der Waals surface area (Å²) in [5.41, 5.74) is 15.2. The van der Waals surface area contributed by atoms with Gasteiger partial charge in [0, 0.05) is 4.47 Å². The maximum Gasteiger partial charge on any atom is 0.0719 e. The van der Waals surface area contributed by atoms with Crippen molar-refractivity contribution in [2.75, 3.05) is 0 Å². The van der Waals surface area contributed by atoms with E-state index in [1.165, 1.54) is 131 Å². The minimum Gasteiger partial charge on any atom is -0.0622 e. The number of rotatable bonds is 4. The number of hydrogen-bond donors (Lipinski definition) is 0. The molecule has 1 unspecified atom stereocenters. The van der Waals surface area contributed by atoms with E-state index in [1.54, 1.807) is 0 Å². The first-order valence-corrected chi connectivity index (χ1v) is 25.5. The molecule has 14 aromatic carbocycles. The van der Waals surface area contributed by atoms with Crippen molar-refractivity contribution in [3.05, 3.63) is 310 Å². The number of benzene rings is 14. The molecule has 2 aliphatic carbocycles. The fourth-order valence-corrected chi connectivity index (χ4v) is 13.9. The van der Waals surface area contributed by atoms with Crippen LogP contribution in [0.25, 0.3) is 86.9 Å². The topological polar surface area (TPSA) is 0 Å². The number of halogens is 1. The highest BCUT2D eigenvalue weighted by Gasteiger charge is 2.48. The van der Waals surface area contributed by atoms with Gasteiger partial charge in [-0.05, 0) is 144 Å². The Hall–Kier alpha value is -8.36. The third-order valence-corrected chi connectivity index (χ3v) is 16.7. The Labute approximate surface area is 420 Å². The summed E-state index contributed by atoms with van der Waals surface area (Å²) in [5, 5.41) is 15.9. The van der Waals surface area contributed by atoms with Crippen LogP contribution in [0.5, 0.6) is 0 Å². The van der Waals surface area contributed by atoms with Gasteiger partial charge < -0.3 is 0 Å². The molecule has 16 rings (SSSR count). The lowest BCUT2D eigenvalue weighted by Gasteiger charge is -2.35.